The average Bonchev–Trinajstić information content (AvgIpc) is 3.18. The van der Waals surface area contributed by atoms with E-state index < -0.39 is 14.9 Å². The Kier molecular flexibility index (Phi) is 5.45. The van der Waals surface area contributed by atoms with Crippen molar-refractivity contribution in [2.75, 3.05) is 4.83 Å². The molecular formula is C21H15ClN4O4S. The van der Waals surface area contributed by atoms with Crippen LogP contribution in [0.4, 0.5) is 5.69 Å². The highest BCUT2D eigenvalue weighted by molar-refractivity contribution is 7.92. The molecule has 0 atom stereocenters. The summed E-state index contributed by atoms with van der Waals surface area (Å²) in [6, 6.07) is 22.3. The second kappa shape index (κ2) is 8.21. The zero-order chi connectivity index (χ0) is 22.0. The van der Waals surface area contributed by atoms with Crippen LogP contribution in [0.25, 0.3) is 22.5 Å². The third-order valence-corrected chi connectivity index (χ3v) is 6.02. The number of rotatable bonds is 6. The molecule has 0 aliphatic rings. The monoisotopic (exact) mass is 454 g/mol. The number of nitrogens with zero attached hydrogens (tertiary/aromatic N) is 3. The minimum Gasteiger partial charge on any atom is -0.258 e. The van der Waals surface area contributed by atoms with E-state index in [1.165, 1.54) is 30.3 Å². The molecule has 1 heterocycles. The van der Waals surface area contributed by atoms with Gasteiger partial charge in [0, 0.05) is 28.3 Å². The lowest BCUT2D eigenvalue weighted by Crippen LogP contribution is -2.25. The molecule has 0 fully saturated rings. The molecule has 0 saturated heterocycles. The van der Waals surface area contributed by atoms with Crippen LogP contribution in [0.15, 0.2) is 89.8 Å². The summed E-state index contributed by atoms with van der Waals surface area (Å²) in [5, 5.41) is 16.1. The molecule has 4 rings (SSSR count). The lowest BCUT2D eigenvalue weighted by molar-refractivity contribution is -0.384. The number of halogens is 1. The molecule has 10 heteroatoms. The maximum Gasteiger partial charge on any atom is 0.276 e. The van der Waals surface area contributed by atoms with Gasteiger partial charge in [-0.3, -0.25) is 10.1 Å². The SMILES string of the molecule is O=[N+]([O-])c1cccc(-c2cc(-c3ccc(Cl)cc3)nn2NS(=O)(=O)c2ccccc2)c1. The van der Waals surface area contributed by atoms with Crippen molar-refractivity contribution < 1.29 is 13.3 Å². The molecule has 0 aliphatic heterocycles. The van der Waals surface area contributed by atoms with Gasteiger partial charge in [0.2, 0.25) is 0 Å². The predicted octanol–water partition coefficient (Wildman–Crippen LogP) is 4.71. The Morgan fingerprint density at radius 2 is 1.61 bits per heavy atom. The van der Waals surface area contributed by atoms with Crippen molar-refractivity contribution >= 4 is 27.3 Å². The molecule has 31 heavy (non-hydrogen) atoms. The van der Waals surface area contributed by atoms with E-state index in [0.717, 1.165) is 4.79 Å². The van der Waals surface area contributed by atoms with Gasteiger partial charge >= 0.3 is 0 Å². The van der Waals surface area contributed by atoms with E-state index in [-0.39, 0.29) is 10.6 Å². The smallest absolute Gasteiger partial charge is 0.258 e. The third kappa shape index (κ3) is 4.42. The second-order valence-electron chi connectivity index (χ2n) is 6.55. The molecule has 8 nitrogen and oxygen atoms in total. The number of hydrogen-bond acceptors (Lipinski definition) is 5. The van der Waals surface area contributed by atoms with Crippen LogP contribution in [-0.4, -0.2) is 23.2 Å². The zero-order valence-corrected chi connectivity index (χ0v) is 17.4. The molecule has 0 aliphatic carbocycles. The molecule has 1 N–H and O–H groups in total. The molecule has 0 bridgehead atoms. The van der Waals surface area contributed by atoms with Gasteiger partial charge in [0.15, 0.2) is 0 Å². The summed E-state index contributed by atoms with van der Waals surface area (Å²) in [4.78, 5) is 14.3. The number of sulfonamides is 1. The fourth-order valence-electron chi connectivity index (χ4n) is 2.96. The molecule has 0 amide bonds. The molecule has 0 radical (unpaired) electrons. The van der Waals surface area contributed by atoms with Crippen LogP contribution in [-0.2, 0) is 10.0 Å². The van der Waals surface area contributed by atoms with Gasteiger partial charge in [-0.05, 0) is 30.3 Å². The number of nitrogens with one attached hydrogen (secondary N) is 1. The first-order valence-electron chi connectivity index (χ1n) is 9.02. The Hall–Kier alpha value is -3.69. The summed E-state index contributed by atoms with van der Waals surface area (Å²) in [5.74, 6) is 0. The van der Waals surface area contributed by atoms with E-state index in [9.17, 15) is 18.5 Å². The van der Waals surface area contributed by atoms with Crippen LogP contribution in [0.5, 0.6) is 0 Å². The van der Waals surface area contributed by atoms with Crippen molar-refractivity contribution in [1.82, 2.24) is 9.89 Å². The predicted molar refractivity (Wildman–Crippen MR) is 118 cm³/mol. The Bertz CT molecular complexity index is 1350. The molecule has 1 aromatic heterocycles. The molecule has 3 aromatic carbocycles. The van der Waals surface area contributed by atoms with E-state index in [2.05, 4.69) is 9.93 Å². The first-order chi connectivity index (χ1) is 14.8. The normalized spacial score (nSPS) is 11.3. The Balaban J connectivity index is 1.83. The van der Waals surface area contributed by atoms with E-state index in [1.54, 1.807) is 54.6 Å². The number of benzene rings is 3. The van der Waals surface area contributed by atoms with Crippen LogP contribution in [0.1, 0.15) is 0 Å². The van der Waals surface area contributed by atoms with Crippen LogP contribution >= 0.6 is 11.6 Å². The fraction of sp³-hybridized carbons (Fsp3) is 0. The molecule has 0 saturated carbocycles. The maximum absolute atomic E-state index is 12.9. The van der Waals surface area contributed by atoms with Gasteiger partial charge in [-0.15, -0.1) is 0 Å². The van der Waals surface area contributed by atoms with Gasteiger partial charge in [-0.1, -0.05) is 54.1 Å². The standard InChI is InChI=1S/C21H15ClN4O4S/c22-17-11-9-15(10-12-17)20-14-21(16-5-4-6-18(13-16)26(27)28)25(23-20)24-31(29,30)19-7-2-1-3-8-19/h1-14,24H. The van der Waals surface area contributed by atoms with Gasteiger partial charge in [0.25, 0.3) is 15.7 Å². The van der Waals surface area contributed by atoms with Gasteiger partial charge in [0.1, 0.15) is 0 Å². The first kappa shape index (κ1) is 20.6. The first-order valence-corrected chi connectivity index (χ1v) is 10.9. The lowest BCUT2D eigenvalue weighted by atomic mass is 10.1. The molecule has 4 aromatic rings. The lowest BCUT2D eigenvalue weighted by Gasteiger charge is -2.11. The largest absolute Gasteiger partial charge is 0.276 e. The van der Waals surface area contributed by atoms with Crippen LogP contribution < -0.4 is 4.83 Å². The van der Waals surface area contributed by atoms with E-state index in [4.69, 9.17) is 11.6 Å². The third-order valence-electron chi connectivity index (χ3n) is 4.46. The zero-order valence-electron chi connectivity index (χ0n) is 15.8. The van der Waals surface area contributed by atoms with E-state index >= 15 is 0 Å². The van der Waals surface area contributed by atoms with Crippen molar-refractivity contribution in [1.29, 1.82) is 0 Å². The average molecular weight is 455 g/mol. The summed E-state index contributed by atoms with van der Waals surface area (Å²) in [6.07, 6.45) is 0. The van der Waals surface area contributed by atoms with E-state index in [0.29, 0.717) is 27.5 Å². The Morgan fingerprint density at radius 1 is 0.903 bits per heavy atom. The highest BCUT2D eigenvalue weighted by Gasteiger charge is 2.20. The summed E-state index contributed by atoms with van der Waals surface area (Å²) in [7, 11) is -3.95. The highest BCUT2D eigenvalue weighted by atomic mass is 35.5. The molecule has 0 unspecified atom stereocenters. The van der Waals surface area contributed by atoms with Crippen LogP contribution in [0.3, 0.4) is 0 Å². The number of non-ortho nitro benzene ring substituents is 1. The molecular weight excluding hydrogens is 440 g/mol. The van der Waals surface area contributed by atoms with Crippen molar-refractivity contribution in [2.45, 2.75) is 4.90 Å². The number of aromatic nitrogens is 2. The topological polar surface area (TPSA) is 107 Å². The minimum absolute atomic E-state index is 0.0588. The summed E-state index contributed by atoms with van der Waals surface area (Å²) in [5.41, 5.74) is 1.82. The van der Waals surface area contributed by atoms with Gasteiger partial charge < -0.3 is 0 Å². The Labute approximate surface area is 182 Å². The molecule has 156 valence electrons. The number of hydrogen-bond donors (Lipinski definition) is 1. The van der Waals surface area contributed by atoms with Gasteiger partial charge in [-0.2, -0.15) is 23.1 Å². The number of nitro benzene ring substituents is 1. The molecule has 0 spiro atoms. The summed E-state index contributed by atoms with van der Waals surface area (Å²) in [6.45, 7) is 0. The van der Waals surface area contributed by atoms with Crippen LogP contribution in [0.2, 0.25) is 5.02 Å². The van der Waals surface area contributed by atoms with Crippen molar-refractivity contribution in [3.8, 4) is 22.5 Å². The van der Waals surface area contributed by atoms with Crippen LogP contribution in [0, 0.1) is 10.1 Å². The second-order valence-corrected chi connectivity index (χ2v) is 8.65. The summed E-state index contributed by atoms with van der Waals surface area (Å²) >= 11 is 5.95. The van der Waals surface area contributed by atoms with Crippen molar-refractivity contribution in [3.05, 3.63) is 100 Å². The van der Waals surface area contributed by atoms with Gasteiger partial charge in [-0.25, -0.2) is 0 Å². The maximum atomic E-state index is 12.9. The van der Waals surface area contributed by atoms with Crippen molar-refractivity contribution in [2.24, 2.45) is 0 Å². The van der Waals surface area contributed by atoms with Gasteiger partial charge in [0.05, 0.1) is 21.2 Å². The van der Waals surface area contributed by atoms with Crippen molar-refractivity contribution in [3.63, 3.8) is 0 Å². The highest BCUT2D eigenvalue weighted by Crippen LogP contribution is 2.29. The number of nitro groups is 1. The fourth-order valence-corrected chi connectivity index (χ4v) is 4.08. The minimum atomic E-state index is -3.95. The quantitative estimate of drug-likeness (QED) is 0.335. The van der Waals surface area contributed by atoms with E-state index in [1.807, 2.05) is 0 Å². The summed E-state index contributed by atoms with van der Waals surface area (Å²) < 4.78 is 25.7. The Morgan fingerprint density at radius 3 is 2.29 bits per heavy atom.